The molecule has 1 aromatic carbocycles. The average molecular weight is 263 g/mol. The van der Waals surface area contributed by atoms with Gasteiger partial charge in [-0.25, -0.2) is 0 Å². The van der Waals surface area contributed by atoms with E-state index in [9.17, 15) is 0 Å². The van der Waals surface area contributed by atoms with Crippen LogP contribution >= 0.6 is 11.6 Å². The van der Waals surface area contributed by atoms with E-state index < -0.39 is 0 Å². The van der Waals surface area contributed by atoms with Gasteiger partial charge in [0.15, 0.2) is 0 Å². The van der Waals surface area contributed by atoms with Crippen molar-refractivity contribution >= 4 is 11.6 Å². The van der Waals surface area contributed by atoms with Gasteiger partial charge < -0.3 is 10.1 Å². The third kappa shape index (κ3) is 3.45. The quantitative estimate of drug-likeness (QED) is 0.899. The van der Waals surface area contributed by atoms with Crippen LogP contribution in [-0.4, -0.2) is 12.1 Å². The molecule has 0 aliphatic carbocycles. The van der Waals surface area contributed by atoms with Crippen molar-refractivity contribution in [3.8, 4) is 5.75 Å². The minimum atomic E-state index is 0.707. The topological polar surface area (TPSA) is 34.1 Å². The predicted octanol–water partition coefficient (Wildman–Crippen LogP) is 3.03. The fourth-order valence-corrected chi connectivity index (χ4v) is 1.92. The molecular formula is C14H15ClN2O. The van der Waals surface area contributed by atoms with Gasteiger partial charge in [0.05, 0.1) is 7.11 Å². The number of rotatable bonds is 5. The Balaban J connectivity index is 1.96. The molecule has 1 N–H and O–H groups in total. The summed E-state index contributed by atoms with van der Waals surface area (Å²) in [4.78, 5) is 4.07. The van der Waals surface area contributed by atoms with Crippen LogP contribution in [0.3, 0.4) is 0 Å². The number of halogens is 1. The second kappa shape index (κ2) is 6.38. The van der Waals surface area contributed by atoms with Gasteiger partial charge in [-0.1, -0.05) is 17.7 Å². The Morgan fingerprint density at radius 3 is 2.89 bits per heavy atom. The summed E-state index contributed by atoms with van der Waals surface area (Å²) in [5, 5.41) is 4.06. The number of pyridine rings is 1. The highest BCUT2D eigenvalue weighted by atomic mass is 35.5. The molecule has 94 valence electrons. The number of benzene rings is 1. The number of hydrogen-bond donors (Lipinski definition) is 1. The third-order valence-electron chi connectivity index (χ3n) is 2.61. The third-order valence-corrected chi connectivity index (χ3v) is 2.84. The van der Waals surface area contributed by atoms with E-state index in [1.165, 1.54) is 0 Å². The van der Waals surface area contributed by atoms with Crippen molar-refractivity contribution in [2.75, 3.05) is 7.11 Å². The Hall–Kier alpha value is -1.58. The van der Waals surface area contributed by atoms with Crippen LogP contribution in [0.15, 0.2) is 42.7 Å². The lowest BCUT2D eigenvalue weighted by atomic mass is 10.2. The Bertz CT molecular complexity index is 502. The summed E-state index contributed by atoms with van der Waals surface area (Å²) >= 11 is 5.98. The van der Waals surface area contributed by atoms with E-state index in [-0.39, 0.29) is 0 Å². The number of nitrogens with one attached hydrogen (secondary N) is 1. The first-order valence-electron chi connectivity index (χ1n) is 5.71. The van der Waals surface area contributed by atoms with Crippen LogP contribution in [0.5, 0.6) is 5.75 Å². The highest BCUT2D eigenvalue weighted by Crippen LogP contribution is 2.22. The SMILES string of the molecule is COc1ccc(Cl)cc1CNCc1cccnc1. The Kier molecular flexibility index (Phi) is 4.56. The van der Waals surface area contributed by atoms with Gasteiger partial charge in [0.25, 0.3) is 0 Å². The summed E-state index contributed by atoms with van der Waals surface area (Å²) in [6.07, 6.45) is 3.62. The van der Waals surface area contributed by atoms with Gasteiger partial charge in [-0.05, 0) is 29.8 Å². The van der Waals surface area contributed by atoms with E-state index >= 15 is 0 Å². The summed E-state index contributed by atoms with van der Waals surface area (Å²) < 4.78 is 5.29. The minimum absolute atomic E-state index is 0.707. The van der Waals surface area contributed by atoms with E-state index in [2.05, 4.69) is 10.3 Å². The average Bonchev–Trinajstić information content (AvgIpc) is 2.40. The molecule has 4 heteroatoms. The van der Waals surface area contributed by atoms with Crippen LogP contribution < -0.4 is 10.1 Å². The molecule has 2 aromatic rings. The van der Waals surface area contributed by atoms with Gasteiger partial charge in [0.1, 0.15) is 5.75 Å². The molecular weight excluding hydrogens is 248 g/mol. The monoisotopic (exact) mass is 262 g/mol. The molecule has 0 radical (unpaired) electrons. The first kappa shape index (κ1) is 12.9. The largest absolute Gasteiger partial charge is 0.496 e. The standard InChI is InChI=1S/C14H15ClN2O/c1-18-14-5-4-13(15)7-12(14)10-17-9-11-3-2-6-16-8-11/h2-8,17H,9-10H2,1H3. The fraction of sp³-hybridized carbons (Fsp3) is 0.214. The lowest BCUT2D eigenvalue weighted by molar-refractivity contribution is 0.407. The number of aromatic nitrogens is 1. The Morgan fingerprint density at radius 2 is 2.17 bits per heavy atom. The molecule has 1 aromatic heterocycles. The first-order chi connectivity index (χ1) is 8.79. The van der Waals surface area contributed by atoms with Crippen LogP contribution in [0, 0.1) is 0 Å². The maximum absolute atomic E-state index is 5.98. The highest BCUT2D eigenvalue weighted by molar-refractivity contribution is 6.30. The zero-order chi connectivity index (χ0) is 12.8. The maximum atomic E-state index is 5.98. The van der Waals surface area contributed by atoms with Gasteiger partial charge in [-0.3, -0.25) is 4.98 Å². The summed E-state index contributed by atoms with van der Waals surface area (Å²) in [7, 11) is 1.66. The normalized spacial score (nSPS) is 10.3. The molecule has 1 heterocycles. The number of ether oxygens (including phenoxy) is 1. The van der Waals surface area contributed by atoms with Crippen molar-refractivity contribution in [1.29, 1.82) is 0 Å². The van der Waals surface area contributed by atoms with Crippen LogP contribution in [0.2, 0.25) is 5.02 Å². The first-order valence-corrected chi connectivity index (χ1v) is 6.09. The van der Waals surface area contributed by atoms with Crippen LogP contribution in [-0.2, 0) is 13.1 Å². The molecule has 0 saturated carbocycles. The highest BCUT2D eigenvalue weighted by Gasteiger charge is 2.03. The molecule has 0 atom stereocenters. The smallest absolute Gasteiger partial charge is 0.123 e. The number of methoxy groups -OCH3 is 1. The molecule has 0 unspecified atom stereocenters. The van der Waals surface area contributed by atoms with E-state index in [1.54, 1.807) is 13.3 Å². The van der Waals surface area contributed by atoms with Crippen molar-refractivity contribution in [1.82, 2.24) is 10.3 Å². The fourth-order valence-electron chi connectivity index (χ4n) is 1.73. The van der Waals surface area contributed by atoms with Gasteiger partial charge >= 0.3 is 0 Å². The van der Waals surface area contributed by atoms with Crippen LogP contribution in [0.4, 0.5) is 0 Å². The molecule has 0 aliphatic heterocycles. The lowest BCUT2D eigenvalue weighted by Crippen LogP contribution is -2.13. The summed E-state index contributed by atoms with van der Waals surface area (Å²) in [6.45, 7) is 1.47. The molecule has 0 saturated heterocycles. The summed E-state index contributed by atoms with van der Waals surface area (Å²) in [5.74, 6) is 0.845. The number of hydrogen-bond acceptors (Lipinski definition) is 3. The summed E-state index contributed by atoms with van der Waals surface area (Å²) in [5.41, 5.74) is 2.20. The Morgan fingerprint density at radius 1 is 1.28 bits per heavy atom. The van der Waals surface area contributed by atoms with Crippen molar-refractivity contribution < 1.29 is 4.74 Å². The number of nitrogens with zero attached hydrogens (tertiary/aromatic N) is 1. The molecule has 0 aliphatic rings. The van der Waals surface area contributed by atoms with Crippen molar-refractivity contribution in [2.45, 2.75) is 13.1 Å². The zero-order valence-electron chi connectivity index (χ0n) is 10.2. The predicted molar refractivity (Wildman–Crippen MR) is 72.8 cm³/mol. The van der Waals surface area contributed by atoms with Crippen LogP contribution in [0.25, 0.3) is 0 Å². The Labute approximate surface area is 112 Å². The zero-order valence-corrected chi connectivity index (χ0v) is 10.9. The van der Waals surface area contributed by atoms with Crippen molar-refractivity contribution in [3.63, 3.8) is 0 Å². The van der Waals surface area contributed by atoms with Gasteiger partial charge in [0.2, 0.25) is 0 Å². The molecule has 0 bridgehead atoms. The van der Waals surface area contributed by atoms with Crippen LogP contribution in [0.1, 0.15) is 11.1 Å². The molecule has 18 heavy (non-hydrogen) atoms. The molecule has 0 amide bonds. The van der Waals surface area contributed by atoms with Gasteiger partial charge in [-0.15, -0.1) is 0 Å². The van der Waals surface area contributed by atoms with E-state index in [0.29, 0.717) is 11.6 Å². The van der Waals surface area contributed by atoms with Gasteiger partial charge in [-0.2, -0.15) is 0 Å². The van der Waals surface area contributed by atoms with Crippen molar-refractivity contribution in [2.24, 2.45) is 0 Å². The lowest BCUT2D eigenvalue weighted by Gasteiger charge is -2.10. The molecule has 3 nitrogen and oxygen atoms in total. The summed E-state index contributed by atoms with van der Waals surface area (Å²) in [6, 6.07) is 9.58. The second-order valence-corrected chi connectivity index (χ2v) is 4.36. The minimum Gasteiger partial charge on any atom is -0.496 e. The molecule has 0 fully saturated rings. The van der Waals surface area contributed by atoms with E-state index in [1.807, 2.05) is 36.5 Å². The molecule has 2 rings (SSSR count). The van der Waals surface area contributed by atoms with E-state index in [0.717, 1.165) is 23.4 Å². The second-order valence-electron chi connectivity index (χ2n) is 3.92. The van der Waals surface area contributed by atoms with E-state index in [4.69, 9.17) is 16.3 Å². The maximum Gasteiger partial charge on any atom is 0.123 e. The van der Waals surface area contributed by atoms with Crippen molar-refractivity contribution in [3.05, 3.63) is 58.9 Å². The van der Waals surface area contributed by atoms with Gasteiger partial charge in [0, 0.05) is 36.1 Å². The molecule has 0 spiro atoms.